The summed E-state index contributed by atoms with van der Waals surface area (Å²) in [6, 6.07) is 7.04. The van der Waals surface area contributed by atoms with Crippen molar-refractivity contribution in [3.8, 4) is 5.75 Å². The number of piperidine rings is 1. The molecular weight excluding hydrogens is 732 g/mol. The summed E-state index contributed by atoms with van der Waals surface area (Å²) in [7, 11) is 1.47. The summed E-state index contributed by atoms with van der Waals surface area (Å²) in [5.74, 6) is -0.792. The van der Waals surface area contributed by atoms with E-state index in [4.69, 9.17) is 4.74 Å². The highest BCUT2D eigenvalue weighted by molar-refractivity contribution is 6.06. The number of fused-ring (bicyclic) bond motifs is 2. The van der Waals surface area contributed by atoms with E-state index < -0.39 is 23.5 Å². The fourth-order valence-electron chi connectivity index (χ4n) is 8.31. The predicted molar refractivity (Wildman–Crippen MR) is 208 cm³/mol. The third-order valence-electron chi connectivity index (χ3n) is 11.9. The van der Waals surface area contributed by atoms with Crippen LogP contribution in [0.1, 0.15) is 127 Å². The van der Waals surface area contributed by atoms with Crippen LogP contribution >= 0.6 is 0 Å². The SMILES string of the molecule is Cc1cc(Nc2cc(NC(=O)CCCCCCCOc3ccc(C=O)c(C(=O)N(C)C4CCC(=O)NC4=O)c3)ncn2)c(=O)n2c1C(=O)NC21CCC2(CC2)CC1. The summed E-state index contributed by atoms with van der Waals surface area (Å²) in [4.78, 5) is 98.0. The molecule has 57 heavy (non-hydrogen) atoms. The van der Waals surface area contributed by atoms with Gasteiger partial charge in [-0.1, -0.05) is 19.3 Å². The van der Waals surface area contributed by atoms with Gasteiger partial charge < -0.3 is 25.6 Å². The number of aldehydes is 1. The Labute approximate surface area is 329 Å². The van der Waals surface area contributed by atoms with Gasteiger partial charge in [0.1, 0.15) is 46.8 Å². The second kappa shape index (κ2) is 16.3. The molecule has 5 amide bonds. The van der Waals surface area contributed by atoms with Crippen LogP contribution in [-0.2, 0) is 20.0 Å². The summed E-state index contributed by atoms with van der Waals surface area (Å²) in [6.07, 6.45) is 12.4. The number of anilines is 3. The van der Waals surface area contributed by atoms with Crippen molar-refractivity contribution >= 4 is 53.1 Å². The third-order valence-corrected chi connectivity index (χ3v) is 11.9. The standard InChI is InChI=1S/C41H48N8O8/c1-25-20-29(39(56)49-35(25)37(54)47-41(49)17-15-40(13-14-40)16-18-41)44-31-22-32(43-24-42-31)45-33(51)8-6-4-3-5-7-19-57-27-10-9-26(23-50)28(21-27)38(55)48(2)30-11-12-34(52)46-36(30)53/h9-10,20-24,30H,3-8,11-19H2,1-2H3,(H,47,54)(H,46,52,53)(H2,42,43,44,45,51). The molecule has 1 saturated heterocycles. The highest BCUT2D eigenvalue weighted by atomic mass is 16.5. The molecule has 0 radical (unpaired) electrons. The molecule has 0 bridgehead atoms. The van der Waals surface area contributed by atoms with E-state index in [9.17, 15) is 33.6 Å². The van der Waals surface area contributed by atoms with Gasteiger partial charge in [-0.25, -0.2) is 9.97 Å². The van der Waals surface area contributed by atoms with E-state index in [1.54, 1.807) is 22.8 Å². The number of nitrogens with one attached hydrogen (secondary N) is 4. The van der Waals surface area contributed by atoms with Crippen molar-refractivity contribution in [1.29, 1.82) is 0 Å². The number of rotatable bonds is 15. The Kier molecular flexibility index (Phi) is 11.2. The maximum atomic E-state index is 13.9. The number of imide groups is 1. The Bertz CT molecular complexity index is 2170. The fourth-order valence-corrected chi connectivity index (χ4v) is 8.31. The van der Waals surface area contributed by atoms with Gasteiger partial charge >= 0.3 is 0 Å². The molecule has 3 aromatic rings. The molecule has 2 aliphatic carbocycles. The number of amides is 5. The number of carbonyl (C=O) groups is 6. The number of nitrogens with zero attached hydrogens (tertiary/aromatic N) is 4. The number of ether oxygens (including phenoxy) is 1. The highest BCUT2D eigenvalue weighted by Crippen LogP contribution is 2.59. The monoisotopic (exact) mass is 780 g/mol. The molecule has 16 heteroatoms. The van der Waals surface area contributed by atoms with Gasteiger partial charge in [0.15, 0.2) is 6.29 Å². The first-order chi connectivity index (χ1) is 27.4. The van der Waals surface area contributed by atoms with E-state index in [1.807, 2.05) is 6.92 Å². The molecule has 1 unspecified atom stereocenters. The van der Waals surface area contributed by atoms with E-state index >= 15 is 0 Å². The van der Waals surface area contributed by atoms with E-state index in [1.165, 1.54) is 43.2 Å². The lowest BCUT2D eigenvalue weighted by Gasteiger charge is -2.39. The first kappa shape index (κ1) is 39.3. The molecule has 4 heterocycles. The lowest BCUT2D eigenvalue weighted by Crippen LogP contribution is -2.53. The van der Waals surface area contributed by atoms with Crippen LogP contribution in [0.4, 0.5) is 17.3 Å². The maximum absolute atomic E-state index is 13.9. The van der Waals surface area contributed by atoms with Crippen LogP contribution in [0.5, 0.6) is 5.75 Å². The van der Waals surface area contributed by atoms with E-state index in [0.717, 1.165) is 51.4 Å². The molecule has 7 rings (SSSR count). The zero-order valence-corrected chi connectivity index (χ0v) is 32.3. The summed E-state index contributed by atoms with van der Waals surface area (Å²) in [6.45, 7) is 2.21. The van der Waals surface area contributed by atoms with Gasteiger partial charge in [0.2, 0.25) is 17.7 Å². The number of hydrogen-bond acceptors (Lipinski definition) is 11. The van der Waals surface area contributed by atoms with Crippen LogP contribution in [0.2, 0.25) is 0 Å². The summed E-state index contributed by atoms with van der Waals surface area (Å²) >= 11 is 0. The molecule has 1 aromatic carbocycles. The molecule has 16 nitrogen and oxygen atoms in total. The Hall–Kier alpha value is -5.93. The van der Waals surface area contributed by atoms with Gasteiger partial charge in [-0.15, -0.1) is 0 Å². The summed E-state index contributed by atoms with van der Waals surface area (Å²) < 4.78 is 7.51. The Morgan fingerprint density at radius 1 is 0.965 bits per heavy atom. The third kappa shape index (κ3) is 8.44. The number of benzene rings is 1. The minimum Gasteiger partial charge on any atom is -0.494 e. The van der Waals surface area contributed by atoms with E-state index in [0.29, 0.717) is 65.5 Å². The molecule has 300 valence electrons. The minimum atomic E-state index is -0.816. The quantitative estimate of drug-likeness (QED) is 0.0959. The van der Waals surface area contributed by atoms with Crippen molar-refractivity contribution in [2.24, 2.45) is 5.41 Å². The Morgan fingerprint density at radius 3 is 2.42 bits per heavy atom. The van der Waals surface area contributed by atoms with Gasteiger partial charge in [-0.05, 0) is 100.0 Å². The zero-order chi connectivity index (χ0) is 40.3. The molecule has 2 aromatic heterocycles. The van der Waals surface area contributed by atoms with Crippen molar-refractivity contribution in [1.82, 2.24) is 30.1 Å². The van der Waals surface area contributed by atoms with Crippen LogP contribution in [0.25, 0.3) is 0 Å². The lowest BCUT2D eigenvalue weighted by atomic mass is 9.79. The number of aryl methyl sites for hydroxylation is 1. The molecule has 1 atom stereocenters. The van der Waals surface area contributed by atoms with Gasteiger partial charge in [0, 0.05) is 31.5 Å². The van der Waals surface area contributed by atoms with Gasteiger partial charge in [0.05, 0.1) is 12.2 Å². The molecule has 3 fully saturated rings. The second-order valence-corrected chi connectivity index (χ2v) is 15.8. The van der Waals surface area contributed by atoms with E-state index in [2.05, 4.69) is 31.2 Å². The van der Waals surface area contributed by atoms with Crippen LogP contribution in [-0.4, -0.2) is 75.0 Å². The Morgan fingerprint density at radius 2 is 1.68 bits per heavy atom. The maximum Gasteiger partial charge on any atom is 0.276 e. The molecule has 2 spiro atoms. The first-order valence-corrected chi connectivity index (χ1v) is 19.7. The molecule has 4 aliphatic rings. The number of carbonyl (C=O) groups excluding carboxylic acids is 6. The summed E-state index contributed by atoms with van der Waals surface area (Å²) in [5, 5.41) is 11.3. The van der Waals surface area contributed by atoms with Gasteiger partial charge in [-0.2, -0.15) is 0 Å². The number of hydrogen-bond donors (Lipinski definition) is 4. The van der Waals surface area contributed by atoms with Gasteiger partial charge in [-0.3, -0.25) is 43.4 Å². The number of likely N-dealkylation sites (N-methyl/N-ethyl adjacent to an activating group) is 1. The second-order valence-electron chi connectivity index (χ2n) is 15.8. The fraction of sp³-hybridized carbons (Fsp3) is 0.488. The highest BCUT2D eigenvalue weighted by Gasteiger charge is 2.54. The molecule has 4 N–H and O–H groups in total. The average molecular weight is 781 g/mol. The van der Waals surface area contributed by atoms with Crippen molar-refractivity contribution in [3.63, 3.8) is 0 Å². The summed E-state index contributed by atoms with van der Waals surface area (Å²) in [5.41, 5.74) is 1.07. The smallest absolute Gasteiger partial charge is 0.276 e. The first-order valence-electron chi connectivity index (χ1n) is 19.7. The number of unbranched alkanes of at least 4 members (excludes halogenated alkanes) is 4. The minimum absolute atomic E-state index is 0.113. The Balaban J connectivity index is 0.841. The van der Waals surface area contributed by atoms with Crippen LogP contribution in [0.3, 0.4) is 0 Å². The van der Waals surface area contributed by atoms with Crippen LogP contribution in [0.15, 0.2) is 41.5 Å². The van der Waals surface area contributed by atoms with Crippen molar-refractivity contribution in [3.05, 3.63) is 69.4 Å². The average Bonchev–Trinajstić information content (AvgIpc) is 3.89. The predicted octanol–water partition coefficient (Wildman–Crippen LogP) is 4.49. The van der Waals surface area contributed by atoms with Crippen LogP contribution in [0, 0.1) is 12.3 Å². The topological polar surface area (TPSA) is 211 Å². The zero-order valence-electron chi connectivity index (χ0n) is 32.3. The largest absolute Gasteiger partial charge is 0.494 e. The molecule has 2 aliphatic heterocycles. The van der Waals surface area contributed by atoms with Crippen molar-refractivity contribution in [2.75, 3.05) is 24.3 Å². The van der Waals surface area contributed by atoms with Gasteiger partial charge in [0.25, 0.3) is 17.4 Å². The number of aromatic nitrogens is 3. The van der Waals surface area contributed by atoms with Crippen LogP contribution < -0.4 is 31.6 Å². The normalized spacial score (nSPS) is 18.7. The lowest BCUT2D eigenvalue weighted by molar-refractivity contribution is -0.136. The molecular formula is C41H48N8O8. The van der Waals surface area contributed by atoms with Crippen molar-refractivity contribution in [2.45, 2.75) is 109 Å². The van der Waals surface area contributed by atoms with E-state index in [-0.39, 0.29) is 47.2 Å². The van der Waals surface area contributed by atoms with Crippen molar-refractivity contribution < 1.29 is 33.5 Å². The number of pyridine rings is 1. The molecule has 2 saturated carbocycles.